The normalized spacial score (nSPS) is 18.8. The average Bonchev–Trinajstić information content (AvgIpc) is 2.54. The summed E-state index contributed by atoms with van der Waals surface area (Å²) < 4.78 is 5.64. The van der Waals surface area contributed by atoms with E-state index in [1.165, 1.54) is 11.1 Å². The molecule has 0 aliphatic carbocycles. The molecule has 0 saturated carbocycles. The fourth-order valence-corrected chi connectivity index (χ4v) is 1.83. The van der Waals surface area contributed by atoms with Gasteiger partial charge in [0, 0.05) is 12.8 Å². The molecule has 1 atom stereocenters. The van der Waals surface area contributed by atoms with Crippen LogP contribution >= 0.6 is 0 Å². The van der Waals surface area contributed by atoms with Gasteiger partial charge in [-0.3, -0.25) is 0 Å². The Morgan fingerprint density at radius 3 is 3.21 bits per heavy atom. The van der Waals surface area contributed by atoms with Gasteiger partial charge in [0.2, 0.25) is 0 Å². The van der Waals surface area contributed by atoms with Crippen LogP contribution in [0.2, 0.25) is 0 Å². The molecule has 0 saturated heterocycles. The highest BCUT2D eigenvalue weighted by Gasteiger charge is 2.18. The molecule has 1 aromatic rings. The van der Waals surface area contributed by atoms with Gasteiger partial charge >= 0.3 is 0 Å². The lowest BCUT2D eigenvalue weighted by Crippen LogP contribution is -2.05. The van der Waals surface area contributed by atoms with E-state index in [9.17, 15) is 4.79 Å². The highest BCUT2D eigenvalue weighted by atomic mass is 16.5. The van der Waals surface area contributed by atoms with Gasteiger partial charge in [-0.15, -0.1) is 0 Å². The lowest BCUT2D eigenvalue weighted by Gasteiger charge is -2.04. The molecule has 1 aromatic carbocycles. The molecule has 74 valence electrons. The summed E-state index contributed by atoms with van der Waals surface area (Å²) in [5, 5.41) is 0. The van der Waals surface area contributed by atoms with Crippen LogP contribution < -0.4 is 4.74 Å². The highest BCUT2D eigenvalue weighted by Crippen LogP contribution is 2.29. The van der Waals surface area contributed by atoms with Gasteiger partial charge in [0.25, 0.3) is 0 Å². The van der Waals surface area contributed by atoms with Gasteiger partial charge in [0.15, 0.2) is 0 Å². The minimum absolute atomic E-state index is 0.298. The summed E-state index contributed by atoms with van der Waals surface area (Å²) in [4.78, 5) is 10.2. The minimum atomic E-state index is 0.298. The van der Waals surface area contributed by atoms with Crippen LogP contribution in [0.5, 0.6) is 5.75 Å². The highest BCUT2D eigenvalue weighted by molar-refractivity contribution is 5.50. The zero-order chi connectivity index (χ0) is 9.97. The standard InChI is InChI=1S/C12H14O2/c1-9-7-11-5-4-10(3-2-6-13)8-12(11)14-9/h4-6,8-9H,2-3,7H2,1H3. The van der Waals surface area contributed by atoms with E-state index in [4.69, 9.17) is 4.74 Å². The van der Waals surface area contributed by atoms with Crippen molar-refractivity contribution in [3.05, 3.63) is 29.3 Å². The van der Waals surface area contributed by atoms with Crippen molar-refractivity contribution >= 4 is 6.29 Å². The summed E-state index contributed by atoms with van der Waals surface area (Å²) in [5.74, 6) is 1.00. The Balaban J connectivity index is 2.15. The average molecular weight is 190 g/mol. The second-order valence-electron chi connectivity index (χ2n) is 3.78. The lowest BCUT2D eigenvalue weighted by atomic mass is 10.1. The molecule has 0 N–H and O–H groups in total. The molecule has 2 rings (SSSR count). The molecule has 0 radical (unpaired) electrons. The van der Waals surface area contributed by atoms with Gasteiger partial charge in [-0.1, -0.05) is 12.1 Å². The number of aryl methyl sites for hydroxylation is 1. The number of fused-ring (bicyclic) bond motifs is 1. The van der Waals surface area contributed by atoms with Gasteiger partial charge in [0.05, 0.1) is 0 Å². The van der Waals surface area contributed by atoms with E-state index in [-0.39, 0.29) is 0 Å². The molecule has 0 spiro atoms. The van der Waals surface area contributed by atoms with Crippen LogP contribution in [0.4, 0.5) is 0 Å². The molecule has 1 heterocycles. The zero-order valence-corrected chi connectivity index (χ0v) is 8.32. The molecule has 0 aromatic heterocycles. The van der Waals surface area contributed by atoms with E-state index >= 15 is 0 Å². The van der Waals surface area contributed by atoms with Crippen molar-refractivity contribution in [1.82, 2.24) is 0 Å². The fraction of sp³-hybridized carbons (Fsp3) is 0.417. The maximum Gasteiger partial charge on any atom is 0.123 e. The molecule has 1 aliphatic heterocycles. The molecule has 2 heteroatoms. The van der Waals surface area contributed by atoms with Crippen LogP contribution in [0.25, 0.3) is 0 Å². The summed E-state index contributed by atoms with van der Waals surface area (Å²) in [5.41, 5.74) is 2.47. The number of aldehydes is 1. The number of hydrogen-bond donors (Lipinski definition) is 0. The maximum absolute atomic E-state index is 10.2. The number of rotatable bonds is 3. The number of hydrogen-bond acceptors (Lipinski definition) is 2. The Bertz CT molecular complexity index is 344. The van der Waals surface area contributed by atoms with E-state index in [0.717, 1.165) is 24.9 Å². The Hall–Kier alpha value is -1.31. The summed E-state index contributed by atoms with van der Waals surface area (Å²) in [7, 11) is 0. The van der Waals surface area contributed by atoms with E-state index in [1.54, 1.807) is 0 Å². The monoisotopic (exact) mass is 190 g/mol. The Morgan fingerprint density at radius 2 is 2.43 bits per heavy atom. The molecular weight excluding hydrogens is 176 g/mol. The summed E-state index contributed by atoms with van der Waals surface area (Å²) >= 11 is 0. The van der Waals surface area contributed by atoms with Crippen molar-refractivity contribution in [3.63, 3.8) is 0 Å². The second-order valence-corrected chi connectivity index (χ2v) is 3.78. The first kappa shape index (κ1) is 9.25. The maximum atomic E-state index is 10.2. The van der Waals surface area contributed by atoms with Gasteiger partial charge in [-0.25, -0.2) is 0 Å². The molecule has 0 fully saturated rings. The van der Waals surface area contributed by atoms with Crippen molar-refractivity contribution in [1.29, 1.82) is 0 Å². The van der Waals surface area contributed by atoms with E-state index < -0.39 is 0 Å². The van der Waals surface area contributed by atoms with Crippen LogP contribution in [-0.4, -0.2) is 12.4 Å². The number of carbonyl (C=O) groups excluding carboxylic acids is 1. The quantitative estimate of drug-likeness (QED) is 0.682. The summed E-state index contributed by atoms with van der Waals surface area (Å²) in [6, 6.07) is 6.25. The first-order chi connectivity index (χ1) is 6.79. The van der Waals surface area contributed by atoms with Crippen molar-refractivity contribution in [2.75, 3.05) is 0 Å². The van der Waals surface area contributed by atoms with Crippen molar-refractivity contribution < 1.29 is 9.53 Å². The predicted molar refractivity (Wildman–Crippen MR) is 54.6 cm³/mol. The third kappa shape index (κ3) is 1.79. The molecule has 1 aliphatic rings. The SMILES string of the molecule is CC1Cc2ccc(CCC=O)cc2O1. The Morgan fingerprint density at radius 1 is 1.57 bits per heavy atom. The summed E-state index contributed by atoms with van der Waals surface area (Å²) in [6.45, 7) is 2.07. The van der Waals surface area contributed by atoms with E-state index in [2.05, 4.69) is 25.1 Å². The predicted octanol–water partition coefficient (Wildman–Crippen LogP) is 2.14. The van der Waals surface area contributed by atoms with Gasteiger partial charge in [0.1, 0.15) is 18.1 Å². The smallest absolute Gasteiger partial charge is 0.123 e. The van der Waals surface area contributed by atoms with Crippen LogP contribution in [-0.2, 0) is 17.6 Å². The van der Waals surface area contributed by atoms with Gasteiger partial charge in [-0.2, -0.15) is 0 Å². The van der Waals surface area contributed by atoms with Crippen LogP contribution in [0, 0.1) is 0 Å². The third-order valence-corrected chi connectivity index (χ3v) is 2.52. The zero-order valence-electron chi connectivity index (χ0n) is 8.32. The Kier molecular flexibility index (Phi) is 2.53. The molecule has 1 unspecified atom stereocenters. The van der Waals surface area contributed by atoms with Crippen molar-refractivity contribution in [2.24, 2.45) is 0 Å². The molecule has 2 nitrogen and oxygen atoms in total. The van der Waals surface area contributed by atoms with E-state index in [1.807, 2.05) is 0 Å². The van der Waals surface area contributed by atoms with Crippen LogP contribution in [0.15, 0.2) is 18.2 Å². The molecule has 0 amide bonds. The molecule has 0 bridgehead atoms. The van der Waals surface area contributed by atoms with Crippen molar-refractivity contribution in [2.45, 2.75) is 32.3 Å². The molecular formula is C12H14O2. The molecule has 14 heavy (non-hydrogen) atoms. The largest absolute Gasteiger partial charge is 0.490 e. The van der Waals surface area contributed by atoms with E-state index in [0.29, 0.717) is 12.5 Å². The Labute approximate surface area is 83.9 Å². The fourth-order valence-electron chi connectivity index (χ4n) is 1.83. The van der Waals surface area contributed by atoms with Gasteiger partial charge in [-0.05, 0) is 30.5 Å². The first-order valence-corrected chi connectivity index (χ1v) is 5.01. The lowest BCUT2D eigenvalue weighted by molar-refractivity contribution is -0.107. The van der Waals surface area contributed by atoms with Gasteiger partial charge < -0.3 is 9.53 Å². The van der Waals surface area contributed by atoms with Crippen molar-refractivity contribution in [3.8, 4) is 5.75 Å². The first-order valence-electron chi connectivity index (χ1n) is 5.01. The number of carbonyl (C=O) groups is 1. The minimum Gasteiger partial charge on any atom is -0.490 e. The summed E-state index contributed by atoms with van der Waals surface area (Å²) in [6.07, 6.45) is 3.66. The van der Waals surface area contributed by atoms with Crippen LogP contribution in [0.1, 0.15) is 24.5 Å². The van der Waals surface area contributed by atoms with Crippen LogP contribution in [0.3, 0.4) is 0 Å². The topological polar surface area (TPSA) is 26.3 Å². The second kappa shape index (κ2) is 3.82. The third-order valence-electron chi connectivity index (χ3n) is 2.52. The number of ether oxygens (including phenoxy) is 1. The number of benzene rings is 1.